The molecule has 168 valence electrons. The fourth-order valence-electron chi connectivity index (χ4n) is 4.76. The van der Waals surface area contributed by atoms with E-state index in [0.29, 0.717) is 29.4 Å². The number of hydrogen-bond acceptors (Lipinski definition) is 3. The van der Waals surface area contributed by atoms with Gasteiger partial charge in [-0.2, -0.15) is 0 Å². The van der Waals surface area contributed by atoms with Crippen LogP contribution in [0.2, 0.25) is 5.02 Å². The highest BCUT2D eigenvalue weighted by Gasteiger charge is 2.59. The van der Waals surface area contributed by atoms with Gasteiger partial charge in [0.15, 0.2) is 5.72 Å². The van der Waals surface area contributed by atoms with Gasteiger partial charge >= 0.3 is 6.03 Å². The second-order valence-corrected chi connectivity index (χ2v) is 8.92. The molecule has 33 heavy (non-hydrogen) atoms. The maximum atomic E-state index is 13.6. The molecule has 1 fully saturated rings. The van der Waals surface area contributed by atoms with Gasteiger partial charge in [-0.15, -0.1) is 0 Å². The van der Waals surface area contributed by atoms with Crippen molar-refractivity contribution >= 4 is 29.2 Å². The Morgan fingerprint density at radius 1 is 1.06 bits per heavy atom. The number of rotatable bonds is 5. The zero-order chi connectivity index (χ0) is 23.0. The van der Waals surface area contributed by atoms with Crippen LogP contribution < -0.4 is 15.4 Å². The molecule has 0 spiro atoms. The smallest absolute Gasteiger partial charge is 0.321 e. The topological polar surface area (TPSA) is 70.7 Å². The first-order valence-corrected chi connectivity index (χ1v) is 11.3. The number of carbonyl (C=O) groups excluding carboxylic acids is 2. The molecule has 2 aliphatic heterocycles. The van der Waals surface area contributed by atoms with Gasteiger partial charge < -0.3 is 15.4 Å². The van der Waals surface area contributed by atoms with E-state index in [1.165, 1.54) is 0 Å². The number of anilines is 1. The first kappa shape index (κ1) is 21.3. The van der Waals surface area contributed by atoms with Gasteiger partial charge in [-0.1, -0.05) is 60.1 Å². The number of para-hydroxylation sites is 1. The van der Waals surface area contributed by atoms with Crippen molar-refractivity contribution in [2.45, 2.75) is 25.1 Å². The minimum Gasteiger partial charge on any atom is -0.467 e. The molecule has 3 atom stereocenters. The van der Waals surface area contributed by atoms with Gasteiger partial charge in [-0.3, -0.25) is 9.69 Å². The molecule has 5 rings (SSSR count). The van der Waals surface area contributed by atoms with E-state index in [1.54, 1.807) is 29.2 Å². The third kappa shape index (κ3) is 3.91. The molecule has 3 aromatic carbocycles. The predicted molar refractivity (Wildman–Crippen MR) is 127 cm³/mol. The summed E-state index contributed by atoms with van der Waals surface area (Å²) in [5.41, 5.74) is 1.37. The SMILES string of the molecule is C[C@@]12Oc3ccccc3[C@@H](NC(=O)N1CCc1ccccc1)[C@H]2C(=O)Nc1ccc(Cl)cc1. The minimum atomic E-state index is -1.16. The standard InChI is InChI=1S/C26H24ClN3O3/c1-26-22(24(31)28-19-13-11-18(27)12-14-19)23(20-9-5-6-10-21(20)33-26)29-25(32)30(26)16-15-17-7-3-2-4-8-17/h2-14,22-23H,15-16H2,1H3,(H,28,31)(H,29,32)/t22-,23+,26-/m0/s1. The fourth-order valence-corrected chi connectivity index (χ4v) is 4.88. The van der Waals surface area contributed by atoms with E-state index in [9.17, 15) is 9.59 Å². The predicted octanol–water partition coefficient (Wildman–Crippen LogP) is 5.01. The molecule has 3 amide bonds. The number of urea groups is 1. The number of nitrogens with zero attached hydrogens (tertiary/aromatic N) is 1. The van der Waals surface area contributed by atoms with Crippen LogP contribution in [0, 0.1) is 5.92 Å². The van der Waals surface area contributed by atoms with Gasteiger partial charge in [-0.05, 0) is 49.2 Å². The Bertz CT molecular complexity index is 1180. The average Bonchev–Trinajstić information content (AvgIpc) is 2.80. The molecule has 0 unspecified atom stereocenters. The number of hydrogen-bond donors (Lipinski definition) is 2. The van der Waals surface area contributed by atoms with Gasteiger partial charge in [0.1, 0.15) is 11.7 Å². The molecule has 0 saturated carbocycles. The highest BCUT2D eigenvalue weighted by Crippen LogP contribution is 2.48. The first-order chi connectivity index (χ1) is 16.0. The van der Waals surface area contributed by atoms with Crippen LogP contribution in [-0.2, 0) is 11.2 Å². The molecule has 2 aliphatic rings. The van der Waals surface area contributed by atoms with Gasteiger partial charge in [0, 0.05) is 22.8 Å². The van der Waals surface area contributed by atoms with Crippen molar-refractivity contribution in [1.82, 2.24) is 10.2 Å². The molecule has 1 saturated heterocycles. The second kappa shape index (κ2) is 8.45. The Hall–Kier alpha value is -3.51. The summed E-state index contributed by atoms with van der Waals surface area (Å²) in [5.74, 6) is -0.231. The van der Waals surface area contributed by atoms with Crippen molar-refractivity contribution in [1.29, 1.82) is 0 Å². The van der Waals surface area contributed by atoms with Gasteiger partial charge in [0.05, 0.1) is 6.04 Å². The van der Waals surface area contributed by atoms with Crippen LogP contribution in [0.25, 0.3) is 0 Å². The molecular formula is C26H24ClN3O3. The zero-order valence-corrected chi connectivity index (χ0v) is 18.9. The third-order valence-corrected chi connectivity index (χ3v) is 6.65. The maximum Gasteiger partial charge on any atom is 0.321 e. The van der Waals surface area contributed by atoms with Crippen molar-refractivity contribution in [2.24, 2.45) is 5.92 Å². The molecule has 0 aliphatic carbocycles. The molecule has 6 nitrogen and oxygen atoms in total. The van der Waals surface area contributed by atoms with Gasteiger partial charge in [-0.25, -0.2) is 4.79 Å². The lowest BCUT2D eigenvalue weighted by Crippen LogP contribution is -2.72. The summed E-state index contributed by atoms with van der Waals surface area (Å²) < 4.78 is 6.44. The molecule has 0 aromatic heterocycles. The third-order valence-electron chi connectivity index (χ3n) is 6.40. The van der Waals surface area contributed by atoms with E-state index in [2.05, 4.69) is 10.6 Å². The van der Waals surface area contributed by atoms with E-state index in [4.69, 9.17) is 16.3 Å². The maximum absolute atomic E-state index is 13.6. The fraction of sp³-hybridized carbons (Fsp3) is 0.231. The molecule has 2 heterocycles. The number of halogens is 1. The van der Waals surface area contributed by atoms with Crippen LogP contribution in [0.15, 0.2) is 78.9 Å². The van der Waals surface area contributed by atoms with Crippen molar-refractivity contribution in [3.63, 3.8) is 0 Å². The summed E-state index contributed by atoms with van der Waals surface area (Å²) >= 11 is 5.99. The summed E-state index contributed by atoms with van der Waals surface area (Å²) in [6, 6.07) is 23.7. The molecular weight excluding hydrogens is 438 g/mol. The minimum absolute atomic E-state index is 0.232. The summed E-state index contributed by atoms with van der Waals surface area (Å²) in [4.78, 5) is 28.4. The Balaban J connectivity index is 1.49. The van der Waals surface area contributed by atoms with Crippen molar-refractivity contribution in [3.05, 3.63) is 95.0 Å². The van der Waals surface area contributed by atoms with Crippen molar-refractivity contribution < 1.29 is 14.3 Å². The Morgan fingerprint density at radius 3 is 2.52 bits per heavy atom. The number of nitrogens with one attached hydrogen (secondary N) is 2. The van der Waals surface area contributed by atoms with E-state index in [0.717, 1.165) is 11.1 Å². The summed E-state index contributed by atoms with van der Waals surface area (Å²) in [7, 11) is 0. The Kier molecular flexibility index (Phi) is 5.46. The van der Waals surface area contributed by atoms with Crippen LogP contribution in [0.5, 0.6) is 5.75 Å². The molecule has 7 heteroatoms. The average molecular weight is 462 g/mol. The monoisotopic (exact) mass is 461 g/mol. The quantitative estimate of drug-likeness (QED) is 0.561. The van der Waals surface area contributed by atoms with Crippen LogP contribution >= 0.6 is 11.6 Å². The van der Waals surface area contributed by atoms with Gasteiger partial charge in [0.25, 0.3) is 0 Å². The number of benzene rings is 3. The molecule has 2 bridgehead atoms. The molecule has 3 aromatic rings. The summed E-state index contributed by atoms with van der Waals surface area (Å²) in [6.45, 7) is 2.23. The number of fused-ring (bicyclic) bond motifs is 4. The van der Waals surface area contributed by atoms with Crippen LogP contribution in [0.1, 0.15) is 24.1 Å². The lowest BCUT2D eigenvalue weighted by Gasteiger charge is -2.54. The molecule has 0 radical (unpaired) electrons. The lowest BCUT2D eigenvalue weighted by molar-refractivity contribution is -0.153. The Labute approximate surface area is 197 Å². The number of ether oxygens (including phenoxy) is 1. The van der Waals surface area contributed by atoms with E-state index in [1.807, 2.05) is 61.5 Å². The van der Waals surface area contributed by atoms with E-state index >= 15 is 0 Å². The first-order valence-electron chi connectivity index (χ1n) is 10.9. The largest absolute Gasteiger partial charge is 0.467 e. The Morgan fingerprint density at radius 2 is 1.76 bits per heavy atom. The summed E-state index contributed by atoms with van der Waals surface area (Å²) in [5, 5.41) is 6.63. The lowest BCUT2D eigenvalue weighted by atomic mass is 9.78. The molecule has 2 N–H and O–H groups in total. The summed E-state index contributed by atoms with van der Waals surface area (Å²) in [6.07, 6.45) is 0.644. The second-order valence-electron chi connectivity index (χ2n) is 8.48. The van der Waals surface area contributed by atoms with Crippen molar-refractivity contribution in [2.75, 3.05) is 11.9 Å². The number of carbonyl (C=O) groups is 2. The highest BCUT2D eigenvalue weighted by atomic mass is 35.5. The normalized spacial score (nSPS) is 23.2. The van der Waals surface area contributed by atoms with Crippen LogP contribution in [0.3, 0.4) is 0 Å². The van der Waals surface area contributed by atoms with Crippen molar-refractivity contribution in [3.8, 4) is 5.75 Å². The van der Waals surface area contributed by atoms with Crippen LogP contribution in [0.4, 0.5) is 10.5 Å². The zero-order valence-electron chi connectivity index (χ0n) is 18.1. The van der Waals surface area contributed by atoms with Crippen LogP contribution in [-0.4, -0.2) is 29.1 Å². The number of amides is 3. The highest BCUT2D eigenvalue weighted by molar-refractivity contribution is 6.30. The van der Waals surface area contributed by atoms with E-state index in [-0.39, 0.29) is 11.9 Å². The van der Waals surface area contributed by atoms with Gasteiger partial charge in [0.2, 0.25) is 5.91 Å². The van der Waals surface area contributed by atoms with E-state index < -0.39 is 17.7 Å².